The molecule has 0 spiro atoms. The fourth-order valence-electron chi connectivity index (χ4n) is 2.43. The van der Waals surface area contributed by atoms with Crippen LogP contribution in [0.2, 0.25) is 0 Å². The van der Waals surface area contributed by atoms with Gasteiger partial charge in [0.2, 0.25) is 0 Å². The van der Waals surface area contributed by atoms with Crippen LogP contribution in [-0.2, 0) is 9.53 Å². The fourth-order valence-corrected chi connectivity index (χ4v) is 2.43. The number of carboxylic acid groups (broad SMARTS) is 1. The summed E-state index contributed by atoms with van der Waals surface area (Å²) in [6.45, 7) is 1.42. The van der Waals surface area contributed by atoms with E-state index in [1.807, 2.05) is 0 Å². The molecule has 1 saturated heterocycles. The average molecular weight is 199 g/mol. The molecule has 0 amide bonds. The normalized spacial score (nSPS) is 37.6. The molecule has 4 nitrogen and oxygen atoms in total. The van der Waals surface area contributed by atoms with Crippen LogP contribution in [0.1, 0.15) is 25.7 Å². The summed E-state index contributed by atoms with van der Waals surface area (Å²) in [5, 5.41) is 12.1. The van der Waals surface area contributed by atoms with Crippen LogP contribution in [0.25, 0.3) is 0 Å². The second-order valence-corrected chi connectivity index (χ2v) is 4.26. The van der Waals surface area contributed by atoms with Gasteiger partial charge in [-0.1, -0.05) is 6.42 Å². The molecule has 0 radical (unpaired) electrons. The standard InChI is InChI=1S/C10H17NO3/c12-10(13)4-8-5-11-9-3-1-2-7(9)6-14-8/h7-9,11H,1-6H2,(H,12,13). The van der Waals surface area contributed by atoms with Crippen LogP contribution < -0.4 is 5.32 Å². The molecule has 1 aliphatic heterocycles. The van der Waals surface area contributed by atoms with E-state index in [1.165, 1.54) is 19.3 Å². The summed E-state index contributed by atoms with van der Waals surface area (Å²) in [5.74, 6) is -0.169. The Morgan fingerprint density at radius 1 is 1.50 bits per heavy atom. The largest absolute Gasteiger partial charge is 0.481 e. The number of carbonyl (C=O) groups is 1. The highest BCUT2D eigenvalue weighted by atomic mass is 16.5. The smallest absolute Gasteiger partial charge is 0.306 e. The summed E-state index contributed by atoms with van der Waals surface area (Å²) in [4.78, 5) is 10.5. The molecular weight excluding hydrogens is 182 g/mol. The first kappa shape index (κ1) is 9.93. The van der Waals surface area contributed by atoms with E-state index >= 15 is 0 Å². The van der Waals surface area contributed by atoms with Crippen molar-refractivity contribution >= 4 is 5.97 Å². The van der Waals surface area contributed by atoms with Gasteiger partial charge in [-0.05, 0) is 18.8 Å². The maximum absolute atomic E-state index is 10.5. The summed E-state index contributed by atoms with van der Waals surface area (Å²) in [5.41, 5.74) is 0. The highest BCUT2D eigenvalue weighted by molar-refractivity contribution is 5.67. The van der Waals surface area contributed by atoms with E-state index in [1.54, 1.807) is 0 Å². The molecule has 1 aliphatic carbocycles. The molecule has 0 bridgehead atoms. The van der Waals surface area contributed by atoms with Crippen molar-refractivity contribution in [2.24, 2.45) is 5.92 Å². The Hall–Kier alpha value is -0.610. The van der Waals surface area contributed by atoms with E-state index in [4.69, 9.17) is 9.84 Å². The van der Waals surface area contributed by atoms with E-state index in [-0.39, 0.29) is 12.5 Å². The van der Waals surface area contributed by atoms with Crippen molar-refractivity contribution < 1.29 is 14.6 Å². The molecule has 80 valence electrons. The van der Waals surface area contributed by atoms with Crippen molar-refractivity contribution in [2.45, 2.75) is 37.8 Å². The Kier molecular flexibility index (Phi) is 3.03. The lowest BCUT2D eigenvalue weighted by Gasteiger charge is -2.14. The van der Waals surface area contributed by atoms with Gasteiger partial charge in [0.25, 0.3) is 0 Å². The Labute approximate surface area is 83.6 Å². The van der Waals surface area contributed by atoms with Crippen molar-refractivity contribution in [1.82, 2.24) is 5.32 Å². The molecule has 1 heterocycles. The van der Waals surface area contributed by atoms with E-state index in [2.05, 4.69) is 5.32 Å². The average Bonchev–Trinajstić information content (AvgIpc) is 2.50. The molecule has 0 aromatic carbocycles. The third-order valence-corrected chi connectivity index (χ3v) is 3.22. The van der Waals surface area contributed by atoms with Crippen molar-refractivity contribution in [3.63, 3.8) is 0 Å². The number of rotatable bonds is 2. The van der Waals surface area contributed by atoms with Gasteiger partial charge in [0.1, 0.15) is 0 Å². The van der Waals surface area contributed by atoms with Gasteiger partial charge in [0.05, 0.1) is 19.1 Å². The molecule has 2 fully saturated rings. The number of carboxylic acids is 1. The number of fused-ring (bicyclic) bond motifs is 1. The SMILES string of the molecule is O=C(O)CC1CNC2CCCC2CO1. The second-order valence-electron chi connectivity index (χ2n) is 4.26. The zero-order chi connectivity index (χ0) is 9.97. The molecule has 0 aromatic heterocycles. The van der Waals surface area contributed by atoms with E-state index in [9.17, 15) is 4.79 Å². The third-order valence-electron chi connectivity index (χ3n) is 3.22. The maximum atomic E-state index is 10.5. The summed E-state index contributed by atoms with van der Waals surface area (Å²) >= 11 is 0. The maximum Gasteiger partial charge on any atom is 0.306 e. The predicted molar refractivity (Wildman–Crippen MR) is 51.1 cm³/mol. The van der Waals surface area contributed by atoms with Crippen LogP contribution in [0.3, 0.4) is 0 Å². The zero-order valence-electron chi connectivity index (χ0n) is 8.24. The first-order chi connectivity index (χ1) is 6.75. The minimum Gasteiger partial charge on any atom is -0.481 e. The van der Waals surface area contributed by atoms with Crippen molar-refractivity contribution in [2.75, 3.05) is 13.2 Å². The Morgan fingerprint density at radius 2 is 2.36 bits per heavy atom. The van der Waals surface area contributed by atoms with Crippen LogP contribution in [-0.4, -0.2) is 36.4 Å². The lowest BCUT2D eigenvalue weighted by atomic mass is 10.1. The van der Waals surface area contributed by atoms with Crippen LogP contribution >= 0.6 is 0 Å². The Balaban J connectivity index is 1.86. The summed E-state index contributed by atoms with van der Waals surface area (Å²) in [6.07, 6.45) is 3.69. The highest BCUT2D eigenvalue weighted by Gasteiger charge is 2.31. The summed E-state index contributed by atoms with van der Waals surface area (Å²) in [6, 6.07) is 0.564. The van der Waals surface area contributed by atoms with Gasteiger partial charge in [-0.2, -0.15) is 0 Å². The third kappa shape index (κ3) is 2.25. The molecule has 2 N–H and O–H groups in total. The van der Waals surface area contributed by atoms with E-state index in [0.29, 0.717) is 18.5 Å². The van der Waals surface area contributed by atoms with Crippen molar-refractivity contribution in [3.8, 4) is 0 Å². The minimum absolute atomic E-state index is 0.117. The number of nitrogens with one attached hydrogen (secondary N) is 1. The number of hydrogen-bond acceptors (Lipinski definition) is 3. The molecule has 3 unspecified atom stereocenters. The first-order valence-electron chi connectivity index (χ1n) is 5.32. The first-order valence-corrected chi connectivity index (χ1v) is 5.32. The molecule has 3 atom stereocenters. The van der Waals surface area contributed by atoms with Crippen LogP contribution in [0.4, 0.5) is 0 Å². The number of aliphatic carboxylic acids is 1. The van der Waals surface area contributed by atoms with E-state index < -0.39 is 5.97 Å². The zero-order valence-corrected chi connectivity index (χ0v) is 8.24. The second kappa shape index (κ2) is 4.28. The van der Waals surface area contributed by atoms with Crippen LogP contribution in [0.15, 0.2) is 0 Å². The molecule has 0 aromatic rings. The molecule has 1 saturated carbocycles. The van der Waals surface area contributed by atoms with Gasteiger partial charge in [-0.3, -0.25) is 4.79 Å². The van der Waals surface area contributed by atoms with Crippen LogP contribution in [0.5, 0.6) is 0 Å². The molecule has 2 aliphatic rings. The molecule has 14 heavy (non-hydrogen) atoms. The van der Waals surface area contributed by atoms with Gasteiger partial charge < -0.3 is 15.2 Å². The van der Waals surface area contributed by atoms with Crippen molar-refractivity contribution in [3.05, 3.63) is 0 Å². The summed E-state index contributed by atoms with van der Waals surface area (Å²) in [7, 11) is 0. The molecular formula is C10H17NO3. The Bertz CT molecular complexity index is 205. The van der Waals surface area contributed by atoms with Gasteiger partial charge >= 0.3 is 5.97 Å². The Morgan fingerprint density at radius 3 is 3.14 bits per heavy atom. The van der Waals surface area contributed by atoms with Gasteiger partial charge in [-0.15, -0.1) is 0 Å². The highest BCUT2D eigenvalue weighted by Crippen LogP contribution is 2.28. The van der Waals surface area contributed by atoms with Crippen molar-refractivity contribution in [1.29, 1.82) is 0 Å². The van der Waals surface area contributed by atoms with Gasteiger partial charge in [0.15, 0.2) is 0 Å². The minimum atomic E-state index is -0.774. The molecule has 4 heteroatoms. The predicted octanol–water partition coefficient (Wildman–Crippen LogP) is 0.618. The fraction of sp³-hybridized carbons (Fsp3) is 0.900. The lowest BCUT2D eigenvalue weighted by Crippen LogP contribution is -2.35. The number of ether oxygens (including phenoxy) is 1. The topological polar surface area (TPSA) is 58.6 Å². The quantitative estimate of drug-likeness (QED) is 0.684. The lowest BCUT2D eigenvalue weighted by molar-refractivity contribution is -0.140. The van der Waals surface area contributed by atoms with Gasteiger partial charge in [-0.25, -0.2) is 0 Å². The monoisotopic (exact) mass is 199 g/mol. The van der Waals surface area contributed by atoms with Gasteiger partial charge in [0, 0.05) is 12.6 Å². The summed E-state index contributed by atoms with van der Waals surface area (Å²) < 4.78 is 5.58. The number of hydrogen-bond donors (Lipinski definition) is 2. The molecule has 2 rings (SSSR count). The van der Waals surface area contributed by atoms with E-state index in [0.717, 1.165) is 6.61 Å². The van der Waals surface area contributed by atoms with Crippen LogP contribution in [0, 0.1) is 5.92 Å².